The molecule has 1 aromatic carbocycles. The second-order valence-corrected chi connectivity index (χ2v) is 4.27. The van der Waals surface area contributed by atoms with Crippen molar-refractivity contribution >= 4 is 11.6 Å². The fourth-order valence-corrected chi connectivity index (χ4v) is 1.54. The van der Waals surface area contributed by atoms with E-state index >= 15 is 0 Å². The number of nitrogens with one attached hydrogen (secondary N) is 1. The molecule has 7 heteroatoms. The van der Waals surface area contributed by atoms with Crippen LogP contribution in [0.5, 0.6) is 5.75 Å². The maximum absolute atomic E-state index is 11.7. The first-order chi connectivity index (χ1) is 9.49. The normalized spacial score (nSPS) is 11.8. The minimum Gasteiger partial charge on any atom is -0.474 e. The second-order valence-electron chi connectivity index (χ2n) is 4.27. The Morgan fingerprint density at radius 2 is 2.25 bits per heavy atom. The fraction of sp³-hybridized carbons (Fsp3) is 0.462. The van der Waals surface area contributed by atoms with E-state index in [1.54, 1.807) is 0 Å². The van der Waals surface area contributed by atoms with Crippen molar-refractivity contribution in [3.63, 3.8) is 0 Å². The van der Waals surface area contributed by atoms with E-state index in [0.717, 1.165) is 6.42 Å². The van der Waals surface area contributed by atoms with Crippen LogP contribution >= 0.6 is 0 Å². The maximum atomic E-state index is 11.7. The van der Waals surface area contributed by atoms with Crippen molar-refractivity contribution in [1.29, 1.82) is 0 Å². The van der Waals surface area contributed by atoms with Crippen LogP contribution in [0.1, 0.15) is 25.8 Å². The van der Waals surface area contributed by atoms with Gasteiger partial charge in [0.15, 0.2) is 11.9 Å². The molecule has 0 saturated carbocycles. The van der Waals surface area contributed by atoms with Crippen LogP contribution < -0.4 is 10.1 Å². The zero-order valence-corrected chi connectivity index (χ0v) is 11.5. The number of benzene rings is 1. The van der Waals surface area contributed by atoms with Crippen LogP contribution in [0.25, 0.3) is 0 Å². The number of carbonyl (C=O) groups excluding carboxylic acids is 1. The zero-order chi connectivity index (χ0) is 15.1. The number of rotatable bonds is 7. The number of hydrogen-bond donors (Lipinski definition) is 2. The molecule has 0 fully saturated rings. The summed E-state index contributed by atoms with van der Waals surface area (Å²) in [6.07, 6.45) is -0.0377. The molecule has 1 amide bonds. The summed E-state index contributed by atoms with van der Waals surface area (Å²) < 4.78 is 5.33. The molecule has 110 valence electrons. The average molecular weight is 282 g/mol. The number of carbonyl (C=O) groups is 1. The van der Waals surface area contributed by atoms with Crippen molar-refractivity contribution in [2.75, 3.05) is 6.54 Å². The van der Waals surface area contributed by atoms with Gasteiger partial charge in [-0.05, 0) is 25.0 Å². The highest BCUT2D eigenvalue weighted by atomic mass is 16.6. The molecule has 20 heavy (non-hydrogen) atoms. The standard InChI is InChI=1S/C13H18N2O5/c1-3-6-14-13(17)9(2)20-12-5-4-10(8-16)7-11(12)15(18)19/h4-5,7,9,16H,3,6,8H2,1-2H3,(H,14,17). The summed E-state index contributed by atoms with van der Waals surface area (Å²) in [4.78, 5) is 22.0. The van der Waals surface area contributed by atoms with Crippen LogP contribution in [-0.2, 0) is 11.4 Å². The van der Waals surface area contributed by atoms with Gasteiger partial charge in [0.1, 0.15) is 0 Å². The van der Waals surface area contributed by atoms with Gasteiger partial charge in [-0.15, -0.1) is 0 Å². The van der Waals surface area contributed by atoms with Gasteiger partial charge in [0.2, 0.25) is 0 Å². The molecule has 1 atom stereocenters. The highest BCUT2D eigenvalue weighted by molar-refractivity contribution is 5.80. The predicted molar refractivity (Wildman–Crippen MR) is 72.4 cm³/mol. The maximum Gasteiger partial charge on any atom is 0.311 e. The molecule has 1 rings (SSSR count). The number of nitro benzene ring substituents is 1. The summed E-state index contributed by atoms with van der Waals surface area (Å²) in [5.41, 5.74) is 0.138. The van der Waals surface area contributed by atoms with Gasteiger partial charge in [-0.25, -0.2) is 0 Å². The predicted octanol–water partition coefficient (Wildman–Crippen LogP) is 1.38. The number of aliphatic hydroxyl groups excluding tert-OH is 1. The number of hydrogen-bond acceptors (Lipinski definition) is 5. The number of nitro groups is 1. The fourth-order valence-electron chi connectivity index (χ4n) is 1.54. The average Bonchev–Trinajstić information content (AvgIpc) is 2.44. The summed E-state index contributed by atoms with van der Waals surface area (Å²) in [5, 5.41) is 22.6. The van der Waals surface area contributed by atoms with Gasteiger partial charge in [-0.2, -0.15) is 0 Å². The van der Waals surface area contributed by atoms with Crippen molar-refractivity contribution in [3.8, 4) is 5.75 Å². The first-order valence-electron chi connectivity index (χ1n) is 6.32. The van der Waals surface area contributed by atoms with Gasteiger partial charge >= 0.3 is 5.69 Å². The minimum atomic E-state index is -0.833. The highest BCUT2D eigenvalue weighted by Crippen LogP contribution is 2.28. The van der Waals surface area contributed by atoms with Crippen LogP contribution in [0.2, 0.25) is 0 Å². The third kappa shape index (κ3) is 4.20. The molecule has 0 saturated heterocycles. The van der Waals surface area contributed by atoms with E-state index in [1.807, 2.05) is 6.92 Å². The highest BCUT2D eigenvalue weighted by Gasteiger charge is 2.21. The van der Waals surface area contributed by atoms with Crippen molar-refractivity contribution in [1.82, 2.24) is 5.32 Å². The van der Waals surface area contributed by atoms with Gasteiger partial charge in [0, 0.05) is 12.6 Å². The van der Waals surface area contributed by atoms with Gasteiger partial charge in [-0.1, -0.05) is 13.0 Å². The lowest BCUT2D eigenvalue weighted by Crippen LogP contribution is -2.36. The van der Waals surface area contributed by atoms with Gasteiger partial charge in [0.05, 0.1) is 11.5 Å². The number of ether oxygens (including phenoxy) is 1. The molecule has 0 aliphatic rings. The largest absolute Gasteiger partial charge is 0.474 e. The summed E-state index contributed by atoms with van der Waals surface area (Å²) in [7, 11) is 0. The van der Waals surface area contributed by atoms with Crippen LogP contribution in [0, 0.1) is 10.1 Å². The molecule has 0 aliphatic carbocycles. The van der Waals surface area contributed by atoms with E-state index in [4.69, 9.17) is 9.84 Å². The minimum absolute atomic E-state index is 0.00588. The number of amides is 1. The lowest BCUT2D eigenvalue weighted by atomic mass is 10.2. The van der Waals surface area contributed by atoms with E-state index in [-0.39, 0.29) is 24.0 Å². The molecular formula is C13H18N2O5. The van der Waals surface area contributed by atoms with Gasteiger partial charge in [0.25, 0.3) is 5.91 Å². The van der Waals surface area contributed by atoms with E-state index in [1.165, 1.54) is 25.1 Å². The second kappa shape index (κ2) is 7.44. The molecule has 0 aromatic heterocycles. The van der Waals surface area contributed by atoms with Crippen LogP contribution in [0.4, 0.5) is 5.69 Å². The monoisotopic (exact) mass is 282 g/mol. The zero-order valence-electron chi connectivity index (χ0n) is 11.5. The Morgan fingerprint density at radius 3 is 2.80 bits per heavy atom. The van der Waals surface area contributed by atoms with Crippen molar-refractivity contribution in [2.45, 2.75) is 33.0 Å². The Hall–Kier alpha value is -2.15. The third-order valence-corrected chi connectivity index (χ3v) is 2.62. The van der Waals surface area contributed by atoms with Crippen molar-refractivity contribution in [3.05, 3.63) is 33.9 Å². The molecule has 1 aromatic rings. The van der Waals surface area contributed by atoms with Crippen LogP contribution in [0.3, 0.4) is 0 Å². The van der Waals surface area contributed by atoms with Crippen LogP contribution in [0.15, 0.2) is 18.2 Å². The molecule has 0 radical (unpaired) electrons. The first-order valence-corrected chi connectivity index (χ1v) is 6.32. The topological polar surface area (TPSA) is 102 Å². The Balaban J connectivity index is 2.86. The smallest absolute Gasteiger partial charge is 0.311 e. The first kappa shape index (κ1) is 15.9. The molecule has 2 N–H and O–H groups in total. The van der Waals surface area contributed by atoms with Gasteiger partial charge in [-0.3, -0.25) is 14.9 Å². The molecule has 1 unspecified atom stereocenters. The van der Waals surface area contributed by atoms with E-state index in [9.17, 15) is 14.9 Å². The van der Waals surface area contributed by atoms with Crippen molar-refractivity contribution < 1.29 is 19.6 Å². The van der Waals surface area contributed by atoms with Crippen molar-refractivity contribution in [2.24, 2.45) is 0 Å². The molecule has 0 spiro atoms. The lowest BCUT2D eigenvalue weighted by Gasteiger charge is -2.14. The van der Waals surface area contributed by atoms with E-state index in [0.29, 0.717) is 12.1 Å². The van der Waals surface area contributed by atoms with Gasteiger partial charge < -0.3 is 15.2 Å². The lowest BCUT2D eigenvalue weighted by molar-refractivity contribution is -0.386. The van der Waals surface area contributed by atoms with Crippen LogP contribution in [-0.4, -0.2) is 28.6 Å². The Kier molecular flexibility index (Phi) is 5.92. The Morgan fingerprint density at radius 1 is 1.55 bits per heavy atom. The third-order valence-electron chi connectivity index (χ3n) is 2.62. The molecule has 7 nitrogen and oxygen atoms in total. The summed E-state index contributed by atoms with van der Waals surface area (Å²) in [6, 6.07) is 4.12. The Labute approximate surface area is 116 Å². The molecule has 0 heterocycles. The molecular weight excluding hydrogens is 264 g/mol. The molecule has 0 bridgehead atoms. The molecule has 0 aliphatic heterocycles. The number of aliphatic hydroxyl groups is 1. The SMILES string of the molecule is CCCNC(=O)C(C)Oc1ccc(CO)cc1[N+](=O)[O-]. The number of nitrogens with zero attached hydrogens (tertiary/aromatic N) is 1. The van der Waals surface area contributed by atoms with E-state index in [2.05, 4.69) is 5.32 Å². The quantitative estimate of drug-likeness (QED) is 0.581. The Bertz CT molecular complexity index is 490. The van der Waals surface area contributed by atoms with E-state index < -0.39 is 11.0 Å². The summed E-state index contributed by atoms with van der Waals surface area (Å²) >= 11 is 0. The summed E-state index contributed by atoms with van der Waals surface area (Å²) in [5.74, 6) is -0.321. The summed E-state index contributed by atoms with van der Waals surface area (Å²) in [6.45, 7) is 3.67.